The quantitative estimate of drug-likeness (QED) is 0.820. The number of halogens is 2. The van der Waals surface area contributed by atoms with Gasteiger partial charge in [0.25, 0.3) is 5.91 Å². The lowest BCUT2D eigenvalue weighted by Gasteiger charge is -2.13. The Kier molecular flexibility index (Phi) is 4.86. The van der Waals surface area contributed by atoms with Crippen LogP contribution in [0.3, 0.4) is 0 Å². The first-order valence-electron chi connectivity index (χ1n) is 9.28. The monoisotopic (exact) mass is 402 g/mol. The van der Waals surface area contributed by atoms with Gasteiger partial charge in [-0.25, -0.2) is 9.37 Å². The first-order valence-corrected chi connectivity index (χ1v) is 9.66. The Labute approximate surface area is 166 Å². The van der Waals surface area contributed by atoms with E-state index < -0.39 is 11.7 Å². The summed E-state index contributed by atoms with van der Waals surface area (Å²) in [6, 6.07) is 6.00. The molecule has 0 radical (unpaired) electrons. The lowest BCUT2D eigenvalue weighted by atomic mass is 9.97. The Bertz CT molecular complexity index is 969. The van der Waals surface area contributed by atoms with Crippen LogP contribution < -0.4 is 5.32 Å². The zero-order chi connectivity index (χ0) is 20.0. The number of fused-ring (bicyclic) bond motifs is 1. The number of amides is 1. The van der Waals surface area contributed by atoms with Gasteiger partial charge < -0.3 is 15.0 Å². The van der Waals surface area contributed by atoms with Crippen LogP contribution in [0.2, 0.25) is 5.02 Å². The van der Waals surface area contributed by atoms with Crippen LogP contribution in [0, 0.1) is 29.0 Å². The fourth-order valence-electron chi connectivity index (χ4n) is 4.75. The molecule has 6 nitrogen and oxygen atoms in total. The fourth-order valence-corrected chi connectivity index (χ4v) is 4.93. The highest BCUT2D eigenvalue weighted by molar-refractivity contribution is 6.31. The van der Waals surface area contributed by atoms with E-state index in [0.717, 1.165) is 25.7 Å². The number of aromatic nitrogens is 2. The molecule has 2 fully saturated rings. The molecule has 28 heavy (non-hydrogen) atoms. The van der Waals surface area contributed by atoms with Crippen LogP contribution in [0.5, 0.6) is 0 Å². The molecule has 1 heterocycles. The van der Waals surface area contributed by atoms with E-state index in [1.165, 1.54) is 22.8 Å². The zero-order valence-electron chi connectivity index (χ0n) is 15.3. The lowest BCUT2D eigenvalue weighted by molar-refractivity contribution is 0.101. The van der Waals surface area contributed by atoms with E-state index >= 15 is 0 Å². The zero-order valence-corrected chi connectivity index (χ0v) is 16.1. The maximum absolute atomic E-state index is 13.4. The van der Waals surface area contributed by atoms with Crippen molar-refractivity contribution in [3.8, 4) is 6.07 Å². The van der Waals surface area contributed by atoms with E-state index in [4.69, 9.17) is 11.6 Å². The number of hydrogen-bond acceptors (Lipinski definition) is 4. The average Bonchev–Trinajstić information content (AvgIpc) is 3.28. The molecule has 2 aliphatic rings. The molecule has 1 amide bonds. The highest BCUT2D eigenvalue weighted by Crippen LogP contribution is 2.50. The second kappa shape index (κ2) is 7.19. The second-order valence-corrected chi connectivity index (χ2v) is 8.14. The van der Waals surface area contributed by atoms with Crippen LogP contribution in [0.4, 0.5) is 10.1 Å². The summed E-state index contributed by atoms with van der Waals surface area (Å²) in [6.45, 7) is 0. The number of nitrogens with one attached hydrogen (secondary N) is 1. The maximum Gasteiger partial charge on any atom is 0.274 e. The third-order valence-corrected chi connectivity index (χ3v) is 6.28. The molecule has 0 saturated heterocycles. The van der Waals surface area contributed by atoms with Crippen molar-refractivity contribution in [3.63, 3.8) is 0 Å². The maximum atomic E-state index is 13.4. The van der Waals surface area contributed by atoms with E-state index in [2.05, 4.69) is 10.3 Å². The van der Waals surface area contributed by atoms with Crippen molar-refractivity contribution in [1.29, 1.82) is 5.26 Å². The SMILES string of the molecule is Cn1c(C#N)nc(C2CC3CC(O)CC3C2)c1C(=O)Nc1ccc(F)c(Cl)c1. The van der Waals surface area contributed by atoms with Crippen molar-refractivity contribution in [2.24, 2.45) is 18.9 Å². The number of carbonyl (C=O) groups is 1. The average molecular weight is 403 g/mol. The van der Waals surface area contributed by atoms with Crippen molar-refractivity contribution in [2.75, 3.05) is 5.32 Å². The molecule has 4 rings (SSSR count). The van der Waals surface area contributed by atoms with Crippen molar-refractivity contribution in [1.82, 2.24) is 9.55 Å². The topological polar surface area (TPSA) is 90.9 Å². The van der Waals surface area contributed by atoms with Crippen LogP contribution in [0.15, 0.2) is 18.2 Å². The van der Waals surface area contributed by atoms with Gasteiger partial charge in [0.05, 0.1) is 16.8 Å². The van der Waals surface area contributed by atoms with Gasteiger partial charge in [-0.1, -0.05) is 11.6 Å². The molecule has 2 saturated carbocycles. The number of hydrogen-bond donors (Lipinski definition) is 2. The standard InChI is InChI=1S/C20H20ClFN4O2/c1-26-17(9-23)25-18(12-4-10-6-14(27)7-11(10)5-12)19(26)20(28)24-13-2-3-16(22)15(21)8-13/h2-3,8,10-12,14,27H,4-7H2,1H3,(H,24,28). The summed E-state index contributed by atoms with van der Waals surface area (Å²) in [5.74, 6) is 0.139. The van der Waals surface area contributed by atoms with Gasteiger partial charge in [-0.05, 0) is 55.7 Å². The van der Waals surface area contributed by atoms with E-state index in [1.807, 2.05) is 6.07 Å². The van der Waals surface area contributed by atoms with Gasteiger partial charge in [0.15, 0.2) is 0 Å². The van der Waals surface area contributed by atoms with Crippen molar-refractivity contribution >= 4 is 23.2 Å². The molecular weight excluding hydrogens is 383 g/mol. The van der Waals surface area contributed by atoms with Gasteiger partial charge in [0, 0.05) is 18.7 Å². The molecule has 2 atom stereocenters. The number of rotatable bonds is 3. The van der Waals surface area contributed by atoms with Gasteiger partial charge in [0.2, 0.25) is 5.82 Å². The van der Waals surface area contributed by atoms with Crippen molar-refractivity contribution < 1.29 is 14.3 Å². The highest BCUT2D eigenvalue weighted by Gasteiger charge is 2.43. The van der Waals surface area contributed by atoms with Gasteiger partial charge in [-0.2, -0.15) is 5.26 Å². The number of benzene rings is 1. The minimum absolute atomic E-state index is 0.0772. The number of nitrogens with zero attached hydrogens (tertiary/aromatic N) is 3. The van der Waals surface area contributed by atoms with Crippen LogP contribution in [-0.2, 0) is 7.05 Å². The largest absolute Gasteiger partial charge is 0.393 e. The van der Waals surface area contributed by atoms with Crippen LogP contribution in [0.25, 0.3) is 0 Å². The Morgan fingerprint density at radius 3 is 2.64 bits per heavy atom. The number of imidazole rings is 1. The Balaban J connectivity index is 1.63. The normalized spacial score (nSPS) is 26.1. The first kappa shape index (κ1) is 18.9. The van der Waals surface area contributed by atoms with Gasteiger partial charge >= 0.3 is 0 Å². The van der Waals surface area contributed by atoms with Crippen LogP contribution in [0.1, 0.15) is 53.6 Å². The van der Waals surface area contributed by atoms with E-state index in [-0.39, 0.29) is 22.9 Å². The summed E-state index contributed by atoms with van der Waals surface area (Å²) in [6.07, 6.45) is 3.04. The molecule has 0 spiro atoms. The van der Waals surface area contributed by atoms with Crippen molar-refractivity contribution in [3.05, 3.63) is 46.3 Å². The third-order valence-electron chi connectivity index (χ3n) is 5.99. The molecule has 0 bridgehead atoms. The summed E-state index contributed by atoms with van der Waals surface area (Å²) in [4.78, 5) is 17.4. The summed E-state index contributed by atoms with van der Waals surface area (Å²) < 4.78 is 14.9. The first-order chi connectivity index (χ1) is 13.4. The van der Waals surface area contributed by atoms with Gasteiger partial charge in [0.1, 0.15) is 17.6 Å². The predicted octanol–water partition coefficient (Wildman–Crippen LogP) is 3.60. The lowest BCUT2D eigenvalue weighted by Crippen LogP contribution is -2.19. The summed E-state index contributed by atoms with van der Waals surface area (Å²) >= 11 is 5.79. The number of anilines is 1. The predicted molar refractivity (Wildman–Crippen MR) is 101 cm³/mol. The molecule has 2 aromatic rings. The van der Waals surface area contributed by atoms with E-state index in [0.29, 0.717) is 28.9 Å². The Morgan fingerprint density at radius 2 is 2.04 bits per heavy atom. The Morgan fingerprint density at radius 1 is 1.36 bits per heavy atom. The van der Waals surface area contributed by atoms with E-state index in [9.17, 15) is 19.6 Å². The summed E-state index contributed by atoms with van der Waals surface area (Å²) in [7, 11) is 1.64. The number of carbonyl (C=O) groups excluding carboxylic acids is 1. The van der Waals surface area contributed by atoms with Crippen LogP contribution in [-0.4, -0.2) is 26.7 Å². The molecule has 0 aliphatic heterocycles. The number of nitriles is 1. The molecule has 2 aliphatic carbocycles. The van der Waals surface area contributed by atoms with Gasteiger partial charge in [-0.3, -0.25) is 4.79 Å². The number of aliphatic hydroxyl groups is 1. The minimum Gasteiger partial charge on any atom is -0.393 e. The molecule has 2 N–H and O–H groups in total. The third kappa shape index (κ3) is 3.27. The summed E-state index contributed by atoms with van der Waals surface area (Å²) in [5.41, 5.74) is 1.32. The van der Waals surface area contributed by atoms with Gasteiger partial charge in [-0.15, -0.1) is 0 Å². The molecule has 2 unspecified atom stereocenters. The number of aliphatic hydroxyl groups excluding tert-OH is 1. The molecule has 8 heteroatoms. The smallest absolute Gasteiger partial charge is 0.274 e. The highest BCUT2D eigenvalue weighted by atomic mass is 35.5. The Hall–Kier alpha value is -2.43. The van der Waals surface area contributed by atoms with Crippen molar-refractivity contribution in [2.45, 2.75) is 37.7 Å². The molecule has 146 valence electrons. The second-order valence-electron chi connectivity index (χ2n) is 7.74. The van der Waals surface area contributed by atoms with E-state index in [1.54, 1.807) is 7.05 Å². The fraction of sp³-hybridized carbons (Fsp3) is 0.450. The molecule has 1 aromatic heterocycles. The minimum atomic E-state index is -0.563. The molecular formula is C20H20ClFN4O2. The van der Waals surface area contributed by atoms with Crippen LogP contribution >= 0.6 is 11.6 Å². The molecule has 1 aromatic carbocycles. The summed E-state index contributed by atoms with van der Waals surface area (Å²) in [5, 5.41) is 21.9.